The van der Waals surface area contributed by atoms with Crippen LogP contribution < -0.4 is 10.6 Å². The first-order chi connectivity index (χ1) is 8.31. The standard InChI is InChI=1S/C12H15FN2O3/c1-12(2,11(17)18)14-7-10(16)15-9-5-3-8(13)4-6-9/h3-6,14H,7H2,1-2H3,(H,15,16)(H,17,18). The number of carbonyl (C=O) groups is 2. The number of halogens is 1. The molecule has 98 valence electrons. The highest BCUT2D eigenvalue weighted by Gasteiger charge is 2.26. The maximum Gasteiger partial charge on any atom is 0.323 e. The number of hydrogen-bond donors (Lipinski definition) is 3. The second kappa shape index (κ2) is 5.59. The molecule has 3 N–H and O–H groups in total. The van der Waals surface area contributed by atoms with E-state index in [1.165, 1.54) is 38.1 Å². The third-order valence-electron chi connectivity index (χ3n) is 2.35. The van der Waals surface area contributed by atoms with Crippen molar-refractivity contribution in [2.24, 2.45) is 0 Å². The van der Waals surface area contributed by atoms with Crippen molar-refractivity contribution in [3.63, 3.8) is 0 Å². The summed E-state index contributed by atoms with van der Waals surface area (Å²) in [6.45, 7) is 2.78. The molecule has 1 amide bonds. The molecule has 0 saturated heterocycles. The largest absolute Gasteiger partial charge is 0.480 e. The first-order valence-electron chi connectivity index (χ1n) is 5.35. The minimum atomic E-state index is -1.18. The molecule has 6 heteroatoms. The lowest BCUT2D eigenvalue weighted by molar-refractivity contribution is -0.143. The van der Waals surface area contributed by atoms with Crippen molar-refractivity contribution in [2.75, 3.05) is 11.9 Å². The van der Waals surface area contributed by atoms with Crippen LogP contribution in [-0.2, 0) is 9.59 Å². The maximum atomic E-state index is 12.6. The average Bonchev–Trinajstić information content (AvgIpc) is 2.29. The van der Waals surface area contributed by atoms with Gasteiger partial charge in [0, 0.05) is 5.69 Å². The van der Waals surface area contributed by atoms with Crippen molar-refractivity contribution in [1.29, 1.82) is 0 Å². The summed E-state index contributed by atoms with van der Waals surface area (Å²) in [4.78, 5) is 22.3. The van der Waals surface area contributed by atoms with E-state index in [1.54, 1.807) is 0 Å². The summed E-state index contributed by atoms with van der Waals surface area (Å²) in [5, 5.41) is 14.0. The predicted molar refractivity (Wildman–Crippen MR) is 64.7 cm³/mol. The molecule has 0 heterocycles. The van der Waals surface area contributed by atoms with Crippen LogP contribution in [0.1, 0.15) is 13.8 Å². The molecule has 0 aliphatic rings. The lowest BCUT2D eigenvalue weighted by Crippen LogP contribution is -2.49. The Morgan fingerprint density at radius 3 is 2.33 bits per heavy atom. The Balaban J connectivity index is 2.48. The van der Waals surface area contributed by atoms with Crippen LogP contribution in [0.2, 0.25) is 0 Å². The van der Waals surface area contributed by atoms with Crippen LogP contribution in [0, 0.1) is 5.82 Å². The molecule has 0 bridgehead atoms. The van der Waals surface area contributed by atoms with Gasteiger partial charge in [-0.25, -0.2) is 4.39 Å². The van der Waals surface area contributed by atoms with Crippen LogP contribution in [0.4, 0.5) is 10.1 Å². The van der Waals surface area contributed by atoms with Crippen molar-refractivity contribution in [3.8, 4) is 0 Å². The second-order valence-electron chi connectivity index (χ2n) is 4.34. The summed E-state index contributed by atoms with van der Waals surface area (Å²) >= 11 is 0. The third-order valence-corrected chi connectivity index (χ3v) is 2.35. The van der Waals surface area contributed by atoms with Gasteiger partial charge in [-0.3, -0.25) is 14.9 Å². The van der Waals surface area contributed by atoms with E-state index in [1.807, 2.05) is 0 Å². The Hall–Kier alpha value is -1.95. The molecule has 0 atom stereocenters. The summed E-state index contributed by atoms with van der Waals surface area (Å²) in [5.41, 5.74) is -0.725. The molecular weight excluding hydrogens is 239 g/mol. The number of nitrogens with one attached hydrogen (secondary N) is 2. The fraction of sp³-hybridized carbons (Fsp3) is 0.333. The van der Waals surface area contributed by atoms with Gasteiger partial charge in [-0.15, -0.1) is 0 Å². The molecule has 0 saturated carbocycles. The second-order valence-corrected chi connectivity index (χ2v) is 4.34. The van der Waals surface area contributed by atoms with E-state index in [-0.39, 0.29) is 6.54 Å². The van der Waals surface area contributed by atoms with Crippen molar-refractivity contribution in [1.82, 2.24) is 5.32 Å². The molecule has 1 aromatic carbocycles. The zero-order chi connectivity index (χ0) is 13.8. The molecule has 18 heavy (non-hydrogen) atoms. The number of anilines is 1. The topological polar surface area (TPSA) is 78.4 Å². The maximum absolute atomic E-state index is 12.6. The monoisotopic (exact) mass is 254 g/mol. The zero-order valence-electron chi connectivity index (χ0n) is 10.2. The minimum absolute atomic E-state index is 0.142. The highest BCUT2D eigenvalue weighted by molar-refractivity contribution is 5.92. The summed E-state index contributed by atoms with van der Waals surface area (Å²) < 4.78 is 12.6. The van der Waals surface area contributed by atoms with Gasteiger partial charge in [0.05, 0.1) is 6.54 Å². The first-order valence-corrected chi connectivity index (χ1v) is 5.35. The van der Waals surface area contributed by atoms with Gasteiger partial charge in [-0.2, -0.15) is 0 Å². The number of amides is 1. The smallest absolute Gasteiger partial charge is 0.323 e. The molecule has 0 aromatic heterocycles. The van der Waals surface area contributed by atoms with Crippen molar-refractivity contribution in [2.45, 2.75) is 19.4 Å². The Bertz CT molecular complexity index is 443. The summed E-state index contributed by atoms with van der Waals surface area (Å²) in [6.07, 6.45) is 0. The van der Waals surface area contributed by atoms with Gasteiger partial charge in [-0.05, 0) is 38.1 Å². The fourth-order valence-corrected chi connectivity index (χ4v) is 1.12. The van der Waals surface area contributed by atoms with E-state index in [0.29, 0.717) is 5.69 Å². The summed E-state index contributed by atoms with van der Waals surface area (Å²) in [5.74, 6) is -1.83. The van der Waals surface area contributed by atoms with E-state index < -0.39 is 23.2 Å². The number of carboxylic acid groups (broad SMARTS) is 1. The van der Waals surface area contributed by atoms with Crippen LogP contribution in [0.25, 0.3) is 0 Å². The Labute approximate surface area is 104 Å². The van der Waals surface area contributed by atoms with E-state index in [2.05, 4.69) is 10.6 Å². The van der Waals surface area contributed by atoms with Crippen molar-refractivity contribution < 1.29 is 19.1 Å². The number of carbonyl (C=O) groups excluding carboxylic acids is 1. The molecule has 0 radical (unpaired) electrons. The fourth-order valence-electron chi connectivity index (χ4n) is 1.12. The van der Waals surface area contributed by atoms with Gasteiger partial charge in [0.15, 0.2) is 0 Å². The lowest BCUT2D eigenvalue weighted by atomic mass is 10.1. The third kappa shape index (κ3) is 4.14. The van der Waals surface area contributed by atoms with Gasteiger partial charge in [0.2, 0.25) is 5.91 Å². The van der Waals surface area contributed by atoms with Gasteiger partial charge in [0.1, 0.15) is 11.4 Å². The van der Waals surface area contributed by atoms with Gasteiger partial charge in [-0.1, -0.05) is 0 Å². The number of benzene rings is 1. The zero-order valence-corrected chi connectivity index (χ0v) is 10.2. The number of rotatable bonds is 5. The van der Waals surface area contributed by atoms with E-state index in [4.69, 9.17) is 5.11 Å². The SMILES string of the molecule is CC(C)(NCC(=O)Nc1ccc(F)cc1)C(=O)O. The number of hydrogen-bond acceptors (Lipinski definition) is 3. The summed E-state index contributed by atoms with van der Waals surface area (Å²) in [6, 6.07) is 5.31. The predicted octanol–water partition coefficient (Wildman–Crippen LogP) is 1.22. The lowest BCUT2D eigenvalue weighted by Gasteiger charge is -2.20. The molecule has 1 aromatic rings. The summed E-state index contributed by atoms with van der Waals surface area (Å²) in [7, 11) is 0. The molecule has 0 aliphatic heterocycles. The Kier molecular flexibility index (Phi) is 4.38. The quantitative estimate of drug-likeness (QED) is 0.738. The Morgan fingerprint density at radius 2 is 1.83 bits per heavy atom. The van der Waals surface area contributed by atoms with Crippen molar-refractivity contribution in [3.05, 3.63) is 30.1 Å². The average molecular weight is 254 g/mol. The van der Waals surface area contributed by atoms with Crippen LogP contribution in [0.15, 0.2) is 24.3 Å². The molecule has 0 unspecified atom stereocenters. The molecule has 0 fully saturated rings. The van der Waals surface area contributed by atoms with E-state index in [0.717, 1.165) is 0 Å². The minimum Gasteiger partial charge on any atom is -0.480 e. The number of aliphatic carboxylic acids is 1. The van der Waals surface area contributed by atoms with Gasteiger partial charge in [0.25, 0.3) is 0 Å². The van der Waals surface area contributed by atoms with Gasteiger partial charge >= 0.3 is 5.97 Å². The first kappa shape index (κ1) is 14.1. The van der Waals surface area contributed by atoms with Crippen LogP contribution in [0.5, 0.6) is 0 Å². The highest BCUT2D eigenvalue weighted by Crippen LogP contribution is 2.08. The highest BCUT2D eigenvalue weighted by atomic mass is 19.1. The van der Waals surface area contributed by atoms with Gasteiger partial charge < -0.3 is 10.4 Å². The van der Waals surface area contributed by atoms with Crippen LogP contribution in [-0.4, -0.2) is 29.1 Å². The molecule has 0 spiro atoms. The Morgan fingerprint density at radius 1 is 1.28 bits per heavy atom. The van der Waals surface area contributed by atoms with Crippen LogP contribution >= 0.6 is 0 Å². The normalized spacial score (nSPS) is 11.1. The van der Waals surface area contributed by atoms with Crippen LogP contribution in [0.3, 0.4) is 0 Å². The molecule has 1 rings (SSSR count). The van der Waals surface area contributed by atoms with E-state index in [9.17, 15) is 14.0 Å². The number of carboxylic acids is 1. The van der Waals surface area contributed by atoms with E-state index >= 15 is 0 Å². The molecular formula is C12H15FN2O3. The van der Waals surface area contributed by atoms with Crippen molar-refractivity contribution >= 4 is 17.6 Å². The molecule has 0 aliphatic carbocycles. The molecule has 5 nitrogen and oxygen atoms in total.